The van der Waals surface area contributed by atoms with Gasteiger partial charge in [0.05, 0.1) is 7.11 Å². The lowest BCUT2D eigenvalue weighted by Gasteiger charge is -2.19. The van der Waals surface area contributed by atoms with Gasteiger partial charge in [-0.2, -0.15) is 0 Å². The van der Waals surface area contributed by atoms with Gasteiger partial charge >= 0.3 is 12.1 Å². The van der Waals surface area contributed by atoms with Gasteiger partial charge in [0.25, 0.3) is 0 Å². The van der Waals surface area contributed by atoms with Crippen molar-refractivity contribution in [3.05, 3.63) is 81.8 Å². The van der Waals surface area contributed by atoms with E-state index in [4.69, 9.17) is 9.47 Å². The molecule has 0 aromatic heterocycles. The molecule has 1 aliphatic carbocycles. The highest BCUT2D eigenvalue weighted by Gasteiger charge is 2.30. The maximum atomic E-state index is 12.5. The maximum Gasteiger partial charge on any atom is 0.407 e. The molecule has 1 aliphatic rings. The predicted octanol–water partition coefficient (Wildman–Crippen LogP) is 4.70. The Morgan fingerprint density at radius 3 is 2.21 bits per heavy atom. The number of alkyl carbamates (subject to hydrolysis) is 1. The van der Waals surface area contributed by atoms with Gasteiger partial charge in [-0.1, -0.05) is 64.5 Å². The molecule has 0 fully saturated rings. The van der Waals surface area contributed by atoms with Gasteiger partial charge in [0.2, 0.25) is 0 Å². The average Bonchev–Trinajstić information content (AvgIpc) is 3.13. The number of phenolic OH excluding ortho intramolecular Hbond substituents is 1. The number of amides is 1. The van der Waals surface area contributed by atoms with Crippen molar-refractivity contribution in [3.8, 4) is 22.6 Å². The maximum absolute atomic E-state index is 12.5. The topological polar surface area (TPSA) is 105 Å². The molecule has 0 saturated heterocycles. The summed E-state index contributed by atoms with van der Waals surface area (Å²) in [6, 6.07) is 17.8. The Bertz CT molecular complexity index is 1170. The summed E-state index contributed by atoms with van der Waals surface area (Å²) in [6.45, 7) is 0.0697. The van der Waals surface area contributed by atoms with E-state index >= 15 is 0 Å². The molecule has 0 bridgehead atoms. The zero-order chi connectivity index (χ0) is 23.5. The molecule has 0 radical (unpaired) electrons. The van der Waals surface area contributed by atoms with Crippen LogP contribution in [0.1, 0.15) is 22.6 Å². The van der Waals surface area contributed by atoms with Gasteiger partial charge in [0, 0.05) is 22.4 Å². The summed E-state index contributed by atoms with van der Waals surface area (Å²) in [4.78, 5) is 24.3. The molecule has 0 spiro atoms. The highest BCUT2D eigenvalue weighted by Crippen LogP contribution is 2.44. The van der Waals surface area contributed by atoms with Crippen LogP contribution in [0.3, 0.4) is 0 Å². The van der Waals surface area contributed by atoms with Crippen LogP contribution in [0, 0.1) is 0 Å². The third kappa shape index (κ3) is 4.52. The number of carbonyl (C=O) groups excluding carboxylic acids is 1. The Morgan fingerprint density at radius 2 is 1.64 bits per heavy atom. The third-order valence-corrected chi connectivity index (χ3v) is 6.49. The summed E-state index contributed by atoms with van der Waals surface area (Å²) in [7, 11) is 1.40. The minimum absolute atomic E-state index is 0.0697. The van der Waals surface area contributed by atoms with Gasteiger partial charge in [0.1, 0.15) is 12.6 Å². The van der Waals surface area contributed by atoms with Crippen LogP contribution in [0.5, 0.6) is 11.5 Å². The molecule has 3 N–H and O–H groups in total. The summed E-state index contributed by atoms with van der Waals surface area (Å²) in [5, 5.41) is 22.4. The lowest BCUT2D eigenvalue weighted by Crippen LogP contribution is -2.43. The largest absolute Gasteiger partial charge is 0.504 e. The van der Waals surface area contributed by atoms with Gasteiger partial charge in [0.15, 0.2) is 11.5 Å². The highest BCUT2D eigenvalue weighted by atomic mass is 79.9. The second-order valence-electron chi connectivity index (χ2n) is 7.64. The van der Waals surface area contributed by atoms with Crippen LogP contribution >= 0.6 is 15.9 Å². The first-order valence-electron chi connectivity index (χ1n) is 10.3. The van der Waals surface area contributed by atoms with Crippen molar-refractivity contribution in [1.82, 2.24) is 5.32 Å². The van der Waals surface area contributed by atoms with Crippen molar-refractivity contribution >= 4 is 28.0 Å². The quantitative estimate of drug-likeness (QED) is 0.424. The number of aliphatic carboxylic acids is 1. The van der Waals surface area contributed by atoms with E-state index in [1.165, 1.54) is 7.11 Å². The van der Waals surface area contributed by atoms with Gasteiger partial charge in [-0.25, -0.2) is 9.59 Å². The van der Waals surface area contributed by atoms with Gasteiger partial charge < -0.3 is 25.0 Å². The van der Waals surface area contributed by atoms with Crippen LogP contribution in [0.15, 0.2) is 65.1 Å². The number of halogens is 1. The molecule has 0 heterocycles. The van der Waals surface area contributed by atoms with Gasteiger partial charge in [-0.3, -0.25) is 0 Å². The van der Waals surface area contributed by atoms with E-state index in [2.05, 4.69) is 21.2 Å². The number of methoxy groups -OCH3 is 1. The molecule has 7 nitrogen and oxygen atoms in total. The summed E-state index contributed by atoms with van der Waals surface area (Å²) < 4.78 is 11.0. The van der Waals surface area contributed by atoms with Crippen LogP contribution in [-0.2, 0) is 16.0 Å². The summed E-state index contributed by atoms with van der Waals surface area (Å²) in [5.74, 6) is -1.37. The smallest absolute Gasteiger partial charge is 0.407 e. The molecule has 33 heavy (non-hydrogen) atoms. The number of hydrogen-bond acceptors (Lipinski definition) is 5. The molecular formula is C25H22BrNO6. The second kappa shape index (κ2) is 9.54. The molecular weight excluding hydrogens is 490 g/mol. The van der Waals surface area contributed by atoms with Crippen molar-refractivity contribution in [1.29, 1.82) is 0 Å². The lowest BCUT2D eigenvalue weighted by atomic mass is 9.98. The van der Waals surface area contributed by atoms with Gasteiger partial charge in [-0.05, 0) is 34.4 Å². The number of carboxylic acid groups (broad SMARTS) is 1. The van der Waals surface area contributed by atoms with E-state index in [0.29, 0.717) is 10.0 Å². The number of aromatic hydroxyl groups is 1. The summed E-state index contributed by atoms with van der Waals surface area (Å²) in [5.41, 5.74) is 4.63. The number of carbonyl (C=O) groups is 2. The number of hydrogen-bond donors (Lipinski definition) is 3. The van der Waals surface area contributed by atoms with Gasteiger partial charge in [-0.15, -0.1) is 0 Å². The first-order valence-corrected chi connectivity index (χ1v) is 11.1. The van der Waals surface area contributed by atoms with E-state index in [0.717, 1.165) is 22.3 Å². The number of benzene rings is 3. The Labute approximate surface area is 199 Å². The number of rotatable bonds is 7. The fourth-order valence-corrected chi connectivity index (χ4v) is 4.62. The fourth-order valence-electron chi connectivity index (χ4n) is 4.14. The Morgan fingerprint density at radius 1 is 1.03 bits per heavy atom. The third-order valence-electron chi connectivity index (χ3n) is 5.75. The van der Waals surface area contributed by atoms with Crippen molar-refractivity contribution in [2.75, 3.05) is 13.7 Å². The molecule has 1 atom stereocenters. The first kappa shape index (κ1) is 22.7. The Balaban J connectivity index is 1.47. The van der Waals surface area contributed by atoms with E-state index in [1.807, 2.05) is 48.5 Å². The predicted molar refractivity (Wildman–Crippen MR) is 126 cm³/mol. The molecule has 1 unspecified atom stereocenters. The number of carboxylic acids is 1. The summed E-state index contributed by atoms with van der Waals surface area (Å²) in [6.07, 6.45) is -1.01. The SMILES string of the molecule is COc1ccc(Br)c(CC(NC(=O)OCC2c3ccccc3-c3ccccc32)C(=O)O)c1O. The van der Waals surface area contributed by atoms with E-state index in [-0.39, 0.29) is 30.4 Å². The monoisotopic (exact) mass is 511 g/mol. The van der Waals surface area contributed by atoms with Crippen molar-refractivity contribution in [3.63, 3.8) is 0 Å². The normalized spacial score (nSPS) is 13.0. The number of nitrogens with one attached hydrogen (secondary N) is 1. The minimum Gasteiger partial charge on any atom is -0.504 e. The second-order valence-corrected chi connectivity index (χ2v) is 8.50. The van der Waals surface area contributed by atoms with Crippen molar-refractivity contribution < 1.29 is 29.3 Å². The highest BCUT2D eigenvalue weighted by molar-refractivity contribution is 9.10. The van der Waals surface area contributed by atoms with Crippen molar-refractivity contribution in [2.45, 2.75) is 18.4 Å². The standard InChI is InChI=1S/C25H22BrNO6/c1-32-22-11-10-20(26)18(23(22)28)12-21(24(29)30)27-25(31)33-13-19-16-8-4-2-6-14(16)15-7-3-5-9-17(15)19/h2-11,19,21,28H,12-13H2,1H3,(H,27,31)(H,29,30). The summed E-state index contributed by atoms with van der Waals surface area (Å²) >= 11 is 3.31. The van der Waals surface area contributed by atoms with Crippen LogP contribution in [0.2, 0.25) is 0 Å². The molecule has 4 rings (SSSR count). The molecule has 0 aliphatic heterocycles. The van der Waals surface area contributed by atoms with E-state index < -0.39 is 18.1 Å². The zero-order valence-corrected chi connectivity index (χ0v) is 19.3. The van der Waals surface area contributed by atoms with E-state index in [9.17, 15) is 19.8 Å². The molecule has 3 aromatic rings. The Hall–Kier alpha value is -3.52. The first-order chi connectivity index (χ1) is 15.9. The molecule has 170 valence electrons. The van der Waals surface area contributed by atoms with Crippen molar-refractivity contribution in [2.24, 2.45) is 0 Å². The Kier molecular flexibility index (Phi) is 6.55. The molecule has 1 amide bonds. The molecule has 8 heteroatoms. The fraction of sp³-hybridized carbons (Fsp3) is 0.200. The van der Waals surface area contributed by atoms with Crippen LogP contribution < -0.4 is 10.1 Å². The van der Waals surface area contributed by atoms with Crippen LogP contribution in [-0.4, -0.2) is 42.0 Å². The van der Waals surface area contributed by atoms with Crippen LogP contribution in [0.25, 0.3) is 11.1 Å². The number of phenols is 1. The molecule has 0 saturated carbocycles. The molecule has 3 aromatic carbocycles. The lowest BCUT2D eigenvalue weighted by molar-refractivity contribution is -0.139. The number of ether oxygens (including phenoxy) is 2. The minimum atomic E-state index is -1.31. The van der Waals surface area contributed by atoms with E-state index in [1.54, 1.807) is 12.1 Å². The number of fused-ring (bicyclic) bond motifs is 3. The van der Waals surface area contributed by atoms with Crippen LogP contribution in [0.4, 0.5) is 4.79 Å². The zero-order valence-electron chi connectivity index (χ0n) is 17.7. The average molecular weight is 512 g/mol.